The third-order valence-corrected chi connectivity index (χ3v) is 4.67. The highest BCUT2D eigenvalue weighted by molar-refractivity contribution is 5.78. The molecule has 0 bridgehead atoms. The topological polar surface area (TPSA) is 48.5 Å². The molecule has 132 valence electrons. The highest BCUT2D eigenvalue weighted by Crippen LogP contribution is 2.20. The SMILES string of the molecule is CC(C)n1ncc2cc(CCc3nc(-c4ccccc4)cn3C)ncc21. The summed E-state index contributed by atoms with van der Waals surface area (Å²) >= 11 is 0. The Morgan fingerprint density at radius 1 is 1.04 bits per heavy atom. The minimum Gasteiger partial charge on any atom is -0.337 e. The molecule has 5 nitrogen and oxygen atoms in total. The molecular weight excluding hydrogens is 322 g/mol. The van der Waals surface area contributed by atoms with Crippen LogP contribution in [0.25, 0.3) is 22.2 Å². The van der Waals surface area contributed by atoms with E-state index in [2.05, 4.69) is 59.9 Å². The van der Waals surface area contributed by atoms with Gasteiger partial charge in [-0.1, -0.05) is 30.3 Å². The summed E-state index contributed by atoms with van der Waals surface area (Å²) in [6.07, 6.45) is 7.68. The summed E-state index contributed by atoms with van der Waals surface area (Å²) in [5.41, 5.74) is 4.33. The molecule has 0 N–H and O–H groups in total. The predicted octanol–water partition coefficient (Wildman–Crippen LogP) is 4.20. The average Bonchev–Trinajstić information content (AvgIpc) is 3.24. The molecule has 4 rings (SSSR count). The summed E-state index contributed by atoms with van der Waals surface area (Å²) in [5.74, 6) is 1.07. The summed E-state index contributed by atoms with van der Waals surface area (Å²) in [4.78, 5) is 9.44. The number of hydrogen-bond donors (Lipinski definition) is 0. The Kier molecular flexibility index (Phi) is 4.29. The van der Waals surface area contributed by atoms with Crippen LogP contribution < -0.4 is 0 Å². The molecule has 26 heavy (non-hydrogen) atoms. The fourth-order valence-corrected chi connectivity index (χ4v) is 3.26. The van der Waals surface area contributed by atoms with Gasteiger partial charge in [0.1, 0.15) is 5.82 Å². The number of rotatable bonds is 5. The highest BCUT2D eigenvalue weighted by atomic mass is 15.3. The molecule has 0 spiro atoms. The van der Waals surface area contributed by atoms with E-state index in [-0.39, 0.29) is 0 Å². The number of hydrogen-bond acceptors (Lipinski definition) is 3. The Bertz CT molecular complexity index is 1030. The number of aromatic nitrogens is 5. The van der Waals surface area contributed by atoms with Crippen molar-refractivity contribution in [1.82, 2.24) is 24.3 Å². The van der Waals surface area contributed by atoms with E-state index < -0.39 is 0 Å². The summed E-state index contributed by atoms with van der Waals surface area (Å²) < 4.78 is 4.12. The van der Waals surface area contributed by atoms with E-state index >= 15 is 0 Å². The van der Waals surface area contributed by atoms with Crippen molar-refractivity contribution >= 4 is 10.9 Å². The van der Waals surface area contributed by atoms with Gasteiger partial charge in [0.2, 0.25) is 0 Å². The van der Waals surface area contributed by atoms with Crippen molar-refractivity contribution in [3.8, 4) is 11.3 Å². The second kappa shape index (κ2) is 6.75. The Morgan fingerprint density at radius 2 is 1.85 bits per heavy atom. The van der Waals surface area contributed by atoms with Gasteiger partial charge in [-0.2, -0.15) is 5.10 Å². The molecule has 0 saturated heterocycles. The van der Waals surface area contributed by atoms with E-state index in [0.29, 0.717) is 6.04 Å². The first-order valence-corrected chi connectivity index (χ1v) is 9.01. The minimum absolute atomic E-state index is 0.337. The van der Waals surface area contributed by atoms with Crippen LogP contribution in [-0.4, -0.2) is 24.3 Å². The van der Waals surface area contributed by atoms with Gasteiger partial charge in [-0.3, -0.25) is 9.67 Å². The molecule has 0 aliphatic rings. The zero-order chi connectivity index (χ0) is 18.1. The van der Waals surface area contributed by atoms with Crippen LogP contribution in [0.3, 0.4) is 0 Å². The van der Waals surface area contributed by atoms with Crippen LogP contribution in [-0.2, 0) is 19.9 Å². The van der Waals surface area contributed by atoms with E-state index in [4.69, 9.17) is 4.98 Å². The lowest BCUT2D eigenvalue weighted by molar-refractivity contribution is 0.550. The smallest absolute Gasteiger partial charge is 0.109 e. The molecule has 0 amide bonds. The van der Waals surface area contributed by atoms with Gasteiger partial charge in [-0.25, -0.2) is 4.98 Å². The number of aryl methyl sites for hydroxylation is 3. The molecule has 0 saturated carbocycles. The maximum atomic E-state index is 4.80. The molecule has 0 atom stereocenters. The van der Waals surface area contributed by atoms with Crippen LogP contribution in [0.5, 0.6) is 0 Å². The van der Waals surface area contributed by atoms with Gasteiger partial charge in [0.15, 0.2) is 0 Å². The molecule has 0 unspecified atom stereocenters. The molecule has 4 aromatic rings. The van der Waals surface area contributed by atoms with Crippen LogP contribution in [0, 0.1) is 0 Å². The van der Waals surface area contributed by atoms with Crippen molar-refractivity contribution in [3.63, 3.8) is 0 Å². The van der Waals surface area contributed by atoms with Crippen molar-refractivity contribution in [3.05, 3.63) is 66.5 Å². The molecule has 5 heteroatoms. The number of fused-ring (bicyclic) bond motifs is 1. The lowest BCUT2D eigenvalue weighted by atomic mass is 10.2. The van der Waals surface area contributed by atoms with Crippen LogP contribution in [0.2, 0.25) is 0 Å². The molecule has 0 aliphatic heterocycles. The van der Waals surface area contributed by atoms with Gasteiger partial charge < -0.3 is 4.57 Å². The third-order valence-electron chi connectivity index (χ3n) is 4.67. The van der Waals surface area contributed by atoms with E-state index in [9.17, 15) is 0 Å². The number of imidazole rings is 1. The molecular formula is C21H23N5. The maximum Gasteiger partial charge on any atom is 0.109 e. The molecule has 1 aromatic carbocycles. The summed E-state index contributed by atoms with van der Waals surface area (Å²) in [6, 6.07) is 12.8. The van der Waals surface area contributed by atoms with Gasteiger partial charge in [0.25, 0.3) is 0 Å². The van der Waals surface area contributed by atoms with Crippen molar-refractivity contribution in [2.75, 3.05) is 0 Å². The standard InChI is InChI=1S/C21H23N5/c1-15(2)26-20-13-22-18(11-17(20)12-23-26)9-10-21-24-19(14-25(21)3)16-7-5-4-6-8-16/h4-8,11-15H,9-10H2,1-3H3. The molecule has 0 fully saturated rings. The van der Waals surface area contributed by atoms with Crippen molar-refractivity contribution in [2.24, 2.45) is 7.05 Å². The number of nitrogens with zero attached hydrogens (tertiary/aromatic N) is 5. The lowest BCUT2D eigenvalue weighted by Gasteiger charge is -2.07. The largest absolute Gasteiger partial charge is 0.337 e. The Hall–Kier alpha value is -2.95. The first kappa shape index (κ1) is 16.5. The van der Waals surface area contributed by atoms with Crippen molar-refractivity contribution in [1.29, 1.82) is 0 Å². The molecule has 3 aromatic heterocycles. The van der Waals surface area contributed by atoms with Crippen molar-refractivity contribution in [2.45, 2.75) is 32.7 Å². The zero-order valence-corrected chi connectivity index (χ0v) is 15.4. The summed E-state index contributed by atoms with van der Waals surface area (Å²) in [5, 5.41) is 5.61. The van der Waals surface area contributed by atoms with Gasteiger partial charge >= 0.3 is 0 Å². The van der Waals surface area contributed by atoms with Crippen LogP contribution in [0.1, 0.15) is 31.4 Å². The Balaban J connectivity index is 1.52. The maximum absolute atomic E-state index is 4.80. The van der Waals surface area contributed by atoms with Crippen LogP contribution in [0.15, 0.2) is 55.0 Å². The van der Waals surface area contributed by atoms with E-state index in [0.717, 1.165) is 46.5 Å². The number of benzene rings is 1. The quantitative estimate of drug-likeness (QED) is 0.545. The summed E-state index contributed by atoms with van der Waals surface area (Å²) in [7, 11) is 2.05. The van der Waals surface area contributed by atoms with Gasteiger partial charge in [0, 0.05) is 42.4 Å². The second-order valence-corrected chi connectivity index (χ2v) is 6.94. The normalized spacial score (nSPS) is 11.5. The Labute approximate surface area is 153 Å². The first-order valence-electron chi connectivity index (χ1n) is 9.01. The first-order chi connectivity index (χ1) is 12.6. The minimum atomic E-state index is 0.337. The van der Waals surface area contributed by atoms with E-state index in [1.807, 2.05) is 35.3 Å². The zero-order valence-electron chi connectivity index (χ0n) is 15.4. The fourth-order valence-electron chi connectivity index (χ4n) is 3.26. The van der Waals surface area contributed by atoms with Gasteiger partial charge in [0.05, 0.1) is 23.6 Å². The fraction of sp³-hybridized carbons (Fsp3) is 0.286. The lowest BCUT2D eigenvalue weighted by Crippen LogP contribution is -2.03. The van der Waals surface area contributed by atoms with E-state index in [1.165, 1.54) is 0 Å². The number of pyridine rings is 1. The van der Waals surface area contributed by atoms with Crippen molar-refractivity contribution < 1.29 is 0 Å². The highest BCUT2D eigenvalue weighted by Gasteiger charge is 2.10. The predicted molar refractivity (Wildman–Crippen MR) is 104 cm³/mol. The van der Waals surface area contributed by atoms with Crippen LogP contribution >= 0.6 is 0 Å². The van der Waals surface area contributed by atoms with E-state index in [1.54, 1.807) is 0 Å². The summed E-state index contributed by atoms with van der Waals surface area (Å²) in [6.45, 7) is 4.26. The Morgan fingerprint density at radius 3 is 2.62 bits per heavy atom. The van der Waals surface area contributed by atoms with Gasteiger partial charge in [-0.15, -0.1) is 0 Å². The average molecular weight is 345 g/mol. The molecule has 0 aliphatic carbocycles. The van der Waals surface area contributed by atoms with Gasteiger partial charge in [-0.05, 0) is 26.3 Å². The third kappa shape index (κ3) is 3.12. The monoisotopic (exact) mass is 345 g/mol. The second-order valence-electron chi connectivity index (χ2n) is 6.94. The van der Waals surface area contributed by atoms with Crippen LogP contribution in [0.4, 0.5) is 0 Å². The molecule has 0 radical (unpaired) electrons. The molecule has 3 heterocycles.